The molecule has 2 aliphatic rings. The molecule has 0 aliphatic carbocycles. The molecule has 1 spiro atoms. The van der Waals surface area contributed by atoms with Crippen molar-refractivity contribution in [3.8, 4) is 11.5 Å². The highest BCUT2D eigenvalue weighted by Gasteiger charge is 2.48. The second kappa shape index (κ2) is 7.36. The average molecular weight is 382 g/mol. The number of nitrogens with zero attached hydrogens (tertiary/aromatic N) is 3. The molecule has 2 fully saturated rings. The molecular formula is C23H31N3O2. The van der Waals surface area contributed by atoms with E-state index < -0.39 is 0 Å². The van der Waals surface area contributed by atoms with Crippen molar-refractivity contribution in [2.75, 3.05) is 26.2 Å². The number of rotatable bonds is 4. The second-order valence-corrected chi connectivity index (χ2v) is 9.64. The number of carbonyl (C=O) groups excluding carboxylic acids is 1. The molecule has 5 heteroatoms. The van der Waals surface area contributed by atoms with Crippen LogP contribution in [0.4, 0.5) is 0 Å². The van der Waals surface area contributed by atoms with E-state index in [1.54, 1.807) is 6.26 Å². The number of piperidine rings is 1. The monoisotopic (exact) mass is 381 g/mol. The Morgan fingerprint density at radius 3 is 2.68 bits per heavy atom. The molecular weight excluding hydrogens is 350 g/mol. The zero-order chi connectivity index (χ0) is 19.8. The fourth-order valence-electron chi connectivity index (χ4n) is 4.67. The molecule has 150 valence electrons. The molecule has 2 saturated heterocycles. The molecule has 0 radical (unpaired) electrons. The van der Waals surface area contributed by atoms with E-state index in [0.717, 1.165) is 63.2 Å². The predicted molar refractivity (Wildman–Crippen MR) is 110 cm³/mol. The Hall–Kier alpha value is -2.14. The minimum Gasteiger partial charge on any atom is -0.444 e. The zero-order valence-corrected chi connectivity index (χ0v) is 17.3. The fraction of sp³-hybridized carbons (Fsp3) is 0.565. The quantitative estimate of drug-likeness (QED) is 0.796. The van der Waals surface area contributed by atoms with Crippen molar-refractivity contribution in [2.45, 2.75) is 46.6 Å². The maximum absolute atomic E-state index is 13.3. The third kappa shape index (κ3) is 4.00. The SMILES string of the molecule is CC(C)(C)CN1CCCC2(CCN(Cc3coc(-c4ccccc4)n3)C2)C1=O. The summed E-state index contributed by atoms with van der Waals surface area (Å²) in [5.41, 5.74) is 1.87. The van der Waals surface area contributed by atoms with Gasteiger partial charge in [-0.1, -0.05) is 39.0 Å². The van der Waals surface area contributed by atoms with E-state index in [0.29, 0.717) is 11.8 Å². The number of carbonyl (C=O) groups is 1. The summed E-state index contributed by atoms with van der Waals surface area (Å²) in [6, 6.07) is 9.97. The molecule has 1 amide bonds. The maximum atomic E-state index is 13.3. The van der Waals surface area contributed by atoms with E-state index in [4.69, 9.17) is 4.42 Å². The van der Waals surface area contributed by atoms with Crippen LogP contribution in [0.5, 0.6) is 0 Å². The van der Waals surface area contributed by atoms with Crippen molar-refractivity contribution >= 4 is 5.91 Å². The average Bonchev–Trinajstić information content (AvgIpc) is 3.27. The van der Waals surface area contributed by atoms with Gasteiger partial charge in [-0.05, 0) is 43.4 Å². The molecule has 3 heterocycles. The lowest BCUT2D eigenvalue weighted by Crippen LogP contribution is -2.52. The third-order valence-electron chi connectivity index (χ3n) is 5.88. The highest BCUT2D eigenvalue weighted by molar-refractivity contribution is 5.84. The smallest absolute Gasteiger partial charge is 0.230 e. The van der Waals surface area contributed by atoms with Gasteiger partial charge in [0.15, 0.2) is 0 Å². The summed E-state index contributed by atoms with van der Waals surface area (Å²) in [6.07, 6.45) is 4.83. The van der Waals surface area contributed by atoms with Crippen molar-refractivity contribution in [1.82, 2.24) is 14.8 Å². The van der Waals surface area contributed by atoms with E-state index in [-0.39, 0.29) is 10.8 Å². The molecule has 1 aromatic heterocycles. The minimum atomic E-state index is -0.199. The minimum absolute atomic E-state index is 0.140. The van der Waals surface area contributed by atoms with Crippen molar-refractivity contribution in [3.63, 3.8) is 0 Å². The number of hydrogen-bond acceptors (Lipinski definition) is 4. The van der Waals surface area contributed by atoms with Gasteiger partial charge in [0.1, 0.15) is 6.26 Å². The Labute approximate surface area is 167 Å². The van der Waals surface area contributed by atoms with Gasteiger partial charge in [0.05, 0.1) is 11.1 Å². The lowest BCUT2D eigenvalue weighted by atomic mass is 9.77. The number of oxazole rings is 1. The highest BCUT2D eigenvalue weighted by atomic mass is 16.3. The lowest BCUT2D eigenvalue weighted by Gasteiger charge is -2.42. The Bertz CT molecular complexity index is 824. The van der Waals surface area contributed by atoms with E-state index in [9.17, 15) is 4.79 Å². The summed E-state index contributed by atoms with van der Waals surface area (Å²) in [5.74, 6) is 1.02. The molecule has 1 aromatic carbocycles. The van der Waals surface area contributed by atoms with Gasteiger partial charge in [-0.25, -0.2) is 4.98 Å². The molecule has 1 unspecified atom stereocenters. The molecule has 2 aromatic rings. The van der Waals surface area contributed by atoms with Gasteiger partial charge < -0.3 is 9.32 Å². The topological polar surface area (TPSA) is 49.6 Å². The molecule has 4 rings (SSSR count). The lowest BCUT2D eigenvalue weighted by molar-refractivity contribution is -0.147. The van der Waals surface area contributed by atoms with Crippen molar-refractivity contribution in [2.24, 2.45) is 10.8 Å². The van der Waals surface area contributed by atoms with Gasteiger partial charge in [0.2, 0.25) is 11.8 Å². The largest absolute Gasteiger partial charge is 0.444 e. The number of hydrogen-bond donors (Lipinski definition) is 0. The van der Waals surface area contributed by atoms with Crippen LogP contribution >= 0.6 is 0 Å². The van der Waals surface area contributed by atoms with Gasteiger partial charge in [-0.3, -0.25) is 9.69 Å². The third-order valence-corrected chi connectivity index (χ3v) is 5.88. The van der Waals surface area contributed by atoms with Gasteiger partial charge >= 0.3 is 0 Å². The van der Waals surface area contributed by atoms with Gasteiger partial charge in [-0.2, -0.15) is 0 Å². The zero-order valence-electron chi connectivity index (χ0n) is 17.3. The first-order chi connectivity index (χ1) is 13.3. The highest BCUT2D eigenvalue weighted by Crippen LogP contribution is 2.41. The first-order valence-electron chi connectivity index (χ1n) is 10.4. The summed E-state index contributed by atoms with van der Waals surface area (Å²) in [5, 5.41) is 0. The van der Waals surface area contributed by atoms with Crippen molar-refractivity contribution in [3.05, 3.63) is 42.3 Å². The number of likely N-dealkylation sites (tertiary alicyclic amines) is 2. The van der Waals surface area contributed by atoms with E-state index in [2.05, 4.69) is 35.6 Å². The van der Waals surface area contributed by atoms with Crippen LogP contribution in [0, 0.1) is 10.8 Å². The summed E-state index contributed by atoms with van der Waals surface area (Å²) in [6.45, 7) is 10.9. The first kappa shape index (κ1) is 19.2. The Morgan fingerprint density at radius 2 is 1.93 bits per heavy atom. The normalized spacial score (nSPS) is 23.7. The summed E-state index contributed by atoms with van der Waals surface area (Å²) < 4.78 is 5.68. The van der Waals surface area contributed by atoms with Crippen LogP contribution in [0.15, 0.2) is 41.0 Å². The number of benzene rings is 1. The molecule has 28 heavy (non-hydrogen) atoms. The molecule has 1 atom stereocenters. The van der Waals surface area contributed by atoms with Gasteiger partial charge in [0, 0.05) is 31.7 Å². The van der Waals surface area contributed by atoms with Crippen LogP contribution in [-0.2, 0) is 11.3 Å². The van der Waals surface area contributed by atoms with Crippen LogP contribution in [-0.4, -0.2) is 46.9 Å². The Balaban J connectivity index is 1.41. The van der Waals surface area contributed by atoms with Crippen LogP contribution in [0.3, 0.4) is 0 Å². The van der Waals surface area contributed by atoms with Gasteiger partial charge in [0.25, 0.3) is 0 Å². The van der Waals surface area contributed by atoms with Crippen LogP contribution in [0.1, 0.15) is 45.7 Å². The molecule has 2 aliphatic heterocycles. The van der Waals surface area contributed by atoms with E-state index in [1.807, 2.05) is 30.3 Å². The Kier molecular flexibility index (Phi) is 5.04. The van der Waals surface area contributed by atoms with Crippen LogP contribution < -0.4 is 0 Å². The molecule has 0 bridgehead atoms. The fourth-order valence-corrected chi connectivity index (χ4v) is 4.67. The van der Waals surface area contributed by atoms with Crippen molar-refractivity contribution in [1.29, 1.82) is 0 Å². The summed E-state index contributed by atoms with van der Waals surface area (Å²) in [7, 11) is 0. The molecule has 5 nitrogen and oxygen atoms in total. The number of aromatic nitrogens is 1. The van der Waals surface area contributed by atoms with E-state index >= 15 is 0 Å². The number of amides is 1. The summed E-state index contributed by atoms with van der Waals surface area (Å²) >= 11 is 0. The summed E-state index contributed by atoms with van der Waals surface area (Å²) in [4.78, 5) is 22.4. The standard InChI is InChI=1S/C23H31N3O2/c1-22(2,3)16-26-12-7-10-23(21(26)27)11-13-25(17-23)14-19-15-28-20(24-19)18-8-5-4-6-9-18/h4-6,8-9,15H,7,10-14,16-17H2,1-3H3. The maximum Gasteiger partial charge on any atom is 0.230 e. The van der Waals surface area contributed by atoms with Gasteiger partial charge in [-0.15, -0.1) is 0 Å². The Morgan fingerprint density at radius 1 is 1.14 bits per heavy atom. The van der Waals surface area contributed by atoms with E-state index in [1.165, 1.54) is 0 Å². The van der Waals surface area contributed by atoms with Crippen molar-refractivity contribution < 1.29 is 9.21 Å². The molecule has 0 N–H and O–H groups in total. The van der Waals surface area contributed by atoms with Crippen LogP contribution in [0.25, 0.3) is 11.5 Å². The second-order valence-electron chi connectivity index (χ2n) is 9.64. The molecule has 0 saturated carbocycles. The van der Waals surface area contributed by atoms with Crippen LogP contribution in [0.2, 0.25) is 0 Å². The first-order valence-corrected chi connectivity index (χ1v) is 10.4. The predicted octanol–water partition coefficient (Wildman–Crippen LogP) is 4.20.